The summed E-state index contributed by atoms with van der Waals surface area (Å²) in [4.78, 5) is 6.12. The molecule has 0 bridgehead atoms. The van der Waals surface area contributed by atoms with Crippen LogP contribution in [-0.4, -0.2) is 12.4 Å². The van der Waals surface area contributed by atoms with Crippen LogP contribution < -0.4 is 5.32 Å². The highest BCUT2D eigenvalue weighted by molar-refractivity contribution is 7.10. The van der Waals surface area contributed by atoms with E-state index in [0.717, 1.165) is 41.7 Å². The second-order valence-corrected chi connectivity index (χ2v) is 10.5. The van der Waals surface area contributed by atoms with E-state index in [1.54, 1.807) is 29.5 Å². The lowest BCUT2D eigenvalue weighted by Crippen LogP contribution is -2.21. The fraction of sp³-hybridized carbons (Fsp3) is 0.367. The number of halogens is 2. The smallest absolute Gasteiger partial charge is 0.270 e. The van der Waals surface area contributed by atoms with Gasteiger partial charge in [0.2, 0.25) is 0 Å². The first-order chi connectivity index (χ1) is 16.3. The van der Waals surface area contributed by atoms with Crippen molar-refractivity contribution >= 4 is 28.4 Å². The van der Waals surface area contributed by atoms with Crippen molar-refractivity contribution in [1.82, 2.24) is 0 Å². The molecule has 2 nitrogen and oxygen atoms in total. The van der Waals surface area contributed by atoms with Crippen LogP contribution in [0.5, 0.6) is 0 Å². The van der Waals surface area contributed by atoms with Gasteiger partial charge in [0, 0.05) is 28.5 Å². The number of nitrogens with zero attached hydrogens (tertiary/aromatic N) is 1. The van der Waals surface area contributed by atoms with Gasteiger partial charge in [-0.2, -0.15) is 0 Å². The molecule has 0 saturated carbocycles. The minimum atomic E-state index is -2.72. The molecule has 188 valence electrons. The Morgan fingerprint density at radius 3 is 2.26 bits per heavy atom. The second kappa shape index (κ2) is 12.3. The molecule has 5 heteroatoms. The van der Waals surface area contributed by atoms with Gasteiger partial charge in [0.05, 0.1) is 12.4 Å². The normalized spacial score (nSPS) is 12.1. The molecular formula is C30H38F2N2S. The highest BCUT2D eigenvalue weighted by Crippen LogP contribution is 2.30. The van der Waals surface area contributed by atoms with E-state index in [9.17, 15) is 8.78 Å². The molecule has 3 aromatic rings. The summed E-state index contributed by atoms with van der Waals surface area (Å²) in [5, 5.41) is 5.56. The zero-order valence-corrected chi connectivity index (χ0v) is 22.8. The monoisotopic (exact) mass is 496 g/mol. The van der Waals surface area contributed by atoms with Crippen LogP contribution in [-0.2, 0) is 17.8 Å². The summed E-state index contributed by atoms with van der Waals surface area (Å²) in [6, 6.07) is 17.3. The third kappa shape index (κ3) is 8.43. The molecule has 0 saturated heterocycles. The topological polar surface area (TPSA) is 24.4 Å². The van der Waals surface area contributed by atoms with Crippen LogP contribution in [0.3, 0.4) is 0 Å². The molecule has 0 aliphatic carbocycles. The molecule has 2 aromatic carbocycles. The van der Waals surface area contributed by atoms with Crippen LogP contribution in [0, 0.1) is 6.92 Å². The third-order valence-corrected chi connectivity index (χ3v) is 7.05. The standard InChI is InChI=1S/C20H26N2S.C10H12F2/c1-14(2)17-10-9-15(3)18(12-17)22-16(4)21-13-20(5,6)19-8-7-11-23-19;1-3-8-6-4-5-7-9(8)10(2,11)12/h7-12H,1,13H2,2-6H3,(H,21,22);4-7H,3H2,1-2H3. The predicted octanol–water partition coefficient (Wildman–Crippen LogP) is 9.26. The van der Waals surface area contributed by atoms with Gasteiger partial charge in [0.15, 0.2) is 0 Å². The van der Waals surface area contributed by atoms with Gasteiger partial charge in [0.1, 0.15) is 0 Å². The maximum Gasteiger partial charge on any atom is 0.270 e. The van der Waals surface area contributed by atoms with Crippen LogP contribution in [0.2, 0.25) is 0 Å². The Labute approximate surface area is 213 Å². The zero-order valence-electron chi connectivity index (χ0n) is 22.0. The second-order valence-electron chi connectivity index (χ2n) is 9.60. The molecule has 1 heterocycles. The van der Waals surface area contributed by atoms with Crippen molar-refractivity contribution < 1.29 is 8.78 Å². The Kier molecular flexibility index (Phi) is 9.96. The van der Waals surface area contributed by atoms with Crippen molar-refractivity contribution in [2.75, 3.05) is 11.9 Å². The van der Waals surface area contributed by atoms with Crippen LogP contribution in [0.1, 0.15) is 68.7 Å². The molecule has 1 N–H and O–H groups in total. The number of amidine groups is 1. The van der Waals surface area contributed by atoms with Crippen molar-refractivity contribution in [3.8, 4) is 0 Å². The molecule has 0 aliphatic rings. The molecule has 3 rings (SSSR count). The molecule has 0 radical (unpaired) electrons. The molecule has 0 amide bonds. The van der Waals surface area contributed by atoms with Gasteiger partial charge < -0.3 is 5.32 Å². The fourth-order valence-electron chi connectivity index (χ4n) is 3.57. The van der Waals surface area contributed by atoms with E-state index >= 15 is 0 Å². The fourth-order valence-corrected chi connectivity index (χ4v) is 4.42. The van der Waals surface area contributed by atoms with Crippen LogP contribution >= 0.6 is 11.3 Å². The molecule has 0 fully saturated rings. The maximum absolute atomic E-state index is 12.9. The first-order valence-corrected chi connectivity index (χ1v) is 12.8. The van der Waals surface area contributed by atoms with E-state index in [4.69, 9.17) is 4.99 Å². The molecule has 35 heavy (non-hydrogen) atoms. The number of aliphatic imine (C=N–C) groups is 1. The average molecular weight is 497 g/mol. The van der Waals surface area contributed by atoms with Crippen LogP contribution in [0.4, 0.5) is 14.5 Å². The number of hydrogen-bond acceptors (Lipinski definition) is 2. The Morgan fingerprint density at radius 1 is 1.03 bits per heavy atom. The van der Waals surface area contributed by atoms with Gasteiger partial charge in [0.25, 0.3) is 5.92 Å². The third-order valence-electron chi connectivity index (χ3n) is 5.82. The van der Waals surface area contributed by atoms with Crippen molar-refractivity contribution in [1.29, 1.82) is 0 Å². The number of thiophene rings is 1. The molecular weight excluding hydrogens is 458 g/mol. The number of nitrogens with one attached hydrogen (secondary N) is 1. The van der Waals surface area contributed by atoms with Gasteiger partial charge >= 0.3 is 0 Å². The quantitative estimate of drug-likeness (QED) is 0.256. The summed E-state index contributed by atoms with van der Waals surface area (Å²) in [7, 11) is 0. The van der Waals surface area contributed by atoms with Crippen molar-refractivity contribution in [3.63, 3.8) is 0 Å². The van der Waals surface area contributed by atoms with E-state index in [2.05, 4.69) is 68.4 Å². The van der Waals surface area contributed by atoms with Crippen molar-refractivity contribution in [2.45, 2.75) is 66.2 Å². The molecule has 0 atom stereocenters. The van der Waals surface area contributed by atoms with Crippen molar-refractivity contribution in [3.05, 3.63) is 93.7 Å². The molecule has 0 unspecified atom stereocenters. The Morgan fingerprint density at radius 2 is 1.71 bits per heavy atom. The minimum absolute atomic E-state index is 0.0612. The minimum Gasteiger partial charge on any atom is -0.344 e. The number of hydrogen-bond donors (Lipinski definition) is 1. The van der Waals surface area contributed by atoms with E-state index in [0.29, 0.717) is 6.42 Å². The lowest BCUT2D eigenvalue weighted by atomic mass is 9.92. The first kappa shape index (κ1) is 28.4. The number of alkyl halides is 2. The summed E-state index contributed by atoms with van der Waals surface area (Å²) < 4.78 is 25.8. The van der Waals surface area contributed by atoms with E-state index < -0.39 is 5.92 Å². The molecule has 0 aliphatic heterocycles. The summed E-state index contributed by atoms with van der Waals surface area (Å²) in [5.41, 5.74) is 5.47. The number of benzene rings is 2. The number of rotatable bonds is 7. The van der Waals surface area contributed by atoms with E-state index in [1.807, 2.05) is 20.8 Å². The summed E-state index contributed by atoms with van der Waals surface area (Å²) >= 11 is 1.79. The number of allylic oxidation sites excluding steroid dienone is 1. The van der Waals surface area contributed by atoms with Crippen LogP contribution in [0.15, 0.2) is 71.5 Å². The molecule has 0 spiro atoms. The summed E-state index contributed by atoms with van der Waals surface area (Å²) in [6.45, 7) is 18.2. The Balaban J connectivity index is 0.000000303. The lowest BCUT2D eigenvalue weighted by Gasteiger charge is -2.21. The number of aryl methyl sites for hydroxylation is 2. The summed E-state index contributed by atoms with van der Waals surface area (Å²) in [6.07, 6.45) is 0.652. The number of anilines is 1. The van der Waals surface area contributed by atoms with Gasteiger partial charge in [-0.1, -0.05) is 75.4 Å². The zero-order chi connectivity index (χ0) is 26.2. The van der Waals surface area contributed by atoms with Crippen molar-refractivity contribution in [2.24, 2.45) is 4.99 Å². The van der Waals surface area contributed by atoms with Gasteiger partial charge in [-0.25, -0.2) is 8.78 Å². The van der Waals surface area contributed by atoms with Crippen LogP contribution in [0.25, 0.3) is 5.57 Å². The highest BCUT2D eigenvalue weighted by atomic mass is 32.1. The molecule has 1 aromatic heterocycles. The van der Waals surface area contributed by atoms with Gasteiger partial charge in [-0.3, -0.25) is 4.99 Å². The average Bonchev–Trinajstić information content (AvgIpc) is 3.35. The largest absolute Gasteiger partial charge is 0.344 e. The maximum atomic E-state index is 12.9. The Bertz CT molecular complexity index is 1140. The highest BCUT2D eigenvalue weighted by Gasteiger charge is 2.26. The lowest BCUT2D eigenvalue weighted by molar-refractivity contribution is 0.0166. The SMILES string of the molecule is C=C(C)c1ccc(C)c(NC(C)=NCC(C)(C)c2cccs2)c1.CCc1ccccc1C(C)(F)F. The van der Waals surface area contributed by atoms with Gasteiger partial charge in [-0.05, 0) is 61.4 Å². The van der Waals surface area contributed by atoms with E-state index in [1.165, 1.54) is 16.5 Å². The predicted molar refractivity (Wildman–Crippen MR) is 150 cm³/mol. The summed E-state index contributed by atoms with van der Waals surface area (Å²) in [5.74, 6) is -1.77. The van der Waals surface area contributed by atoms with E-state index in [-0.39, 0.29) is 11.0 Å². The van der Waals surface area contributed by atoms with Gasteiger partial charge in [-0.15, -0.1) is 11.3 Å². The first-order valence-electron chi connectivity index (χ1n) is 11.9. The Hall–Kier alpha value is -2.79.